The fourth-order valence-electron chi connectivity index (χ4n) is 1.76. The molecule has 0 fully saturated rings. The maximum absolute atomic E-state index is 13.2. The lowest BCUT2D eigenvalue weighted by molar-refractivity contribution is -0.137. The zero-order chi connectivity index (χ0) is 16.5. The summed E-state index contributed by atoms with van der Waals surface area (Å²) in [5, 5.41) is 2.43. The predicted octanol–water partition coefficient (Wildman–Crippen LogP) is 5.21. The van der Waals surface area contributed by atoms with E-state index in [1.165, 1.54) is 6.07 Å². The molecule has 0 aliphatic heterocycles. The van der Waals surface area contributed by atoms with Crippen molar-refractivity contribution in [1.29, 1.82) is 0 Å². The van der Waals surface area contributed by atoms with E-state index in [4.69, 9.17) is 0 Å². The van der Waals surface area contributed by atoms with E-state index in [1.807, 2.05) is 0 Å². The van der Waals surface area contributed by atoms with Crippen molar-refractivity contribution in [2.45, 2.75) is 6.18 Å². The molecule has 0 spiro atoms. The number of benzene rings is 2. The minimum Gasteiger partial charge on any atom is -0.355 e. The topological polar surface area (TPSA) is 12.0 Å². The van der Waals surface area contributed by atoms with E-state index in [-0.39, 0.29) is 16.9 Å². The Balaban J connectivity index is 2.28. The molecule has 1 nitrogen and oxygen atoms in total. The van der Waals surface area contributed by atoms with Crippen molar-refractivity contribution < 1.29 is 26.3 Å². The summed E-state index contributed by atoms with van der Waals surface area (Å²) in [7, 11) is 0. The molecule has 2 aromatic carbocycles. The standard InChI is InChI=1S/C15H9F6N/c1-8(9-2-3-13(17)14(18)4-9)22-12-6-10(15(19,20)21)5-11(16)7-12/h2-7,22H,1H2. The van der Waals surface area contributed by atoms with Crippen LogP contribution in [0.5, 0.6) is 0 Å². The molecule has 7 heteroatoms. The highest BCUT2D eigenvalue weighted by molar-refractivity contribution is 5.75. The summed E-state index contributed by atoms with van der Waals surface area (Å²) in [4.78, 5) is 0. The van der Waals surface area contributed by atoms with E-state index >= 15 is 0 Å². The van der Waals surface area contributed by atoms with Crippen molar-refractivity contribution in [2.24, 2.45) is 0 Å². The maximum Gasteiger partial charge on any atom is 0.416 e. The fraction of sp³-hybridized carbons (Fsp3) is 0.0667. The fourth-order valence-corrected chi connectivity index (χ4v) is 1.76. The van der Waals surface area contributed by atoms with Crippen LogP contribution in [0.3, 0.4) is 0 Å². The molecule has 0 aromatic heterocycles. The Labute approximate surface area is 121 Å². The van der Waals surface area contributed by atoms with Crippen molar-refractivity contribution in [3.63, 3.8) is 0 Å². The van der Waals surface area contributed by atoms with Gasteiger partial charge < -0.3 is 5.32 Å². The molecule has 0 aliphatic carbocycles. The van der Waals surface area contributed by atoms with Gasteiger partial charge in [-0.15, -0.1) is 0 Å². The molecule has 0 radical (unpaired) electrons. The first kappa shape index (κ1) is 15.9. The Hall–Kier alpha value is -2.44. The van der Waals surface area contributed by atoms with Crippen LogP contribution < -0.4 is 5.32 Å². The molecule has 0 saturated carbocycles. The predicted molar refractivity (Wildman–Crippen MR) is 70.4 cm³/mol. The van der Waals surface area contributed by atoms with Gasteiger partial charge in [-0.3, -0.25) is 0 Å². The van der Waals surface area contributed by atoms with Crippen LogP contribution in [0.1, 0.15) is 11.1 Å². The summed E-state index contributed by atoms with van der Waals surface area (Å²) < 4.78 is 77.0. The van der Waals surface area contributed by atoms with Crippen LogP contribution in [-0.2, 0) is 6.18 Å². The van der Waals surface area contributed by atoms with E-state index in [0.29, 0.717) is 12.1 Å². The van der Waals surface area contributed by atoms with E-state index in [9.17, 15) is 26.3 Å². The van der Waals surface area contributed by atoms with Gasteiger partial charge in [0.25, 0.3) is 0 Å². The van der Waals surface area contributed by atoms with Crippen molar-refractivity contribution in [3.8, 4) is 0 Å². The van der Waals surface area contributed by atoms with Gasteiger partial charge in [0.1, 0.15) is 5.82 Å². The van der Waals surface area contributed by atoms with Crippen molar-refractivity contribution in [3.05, 3.63) is 71.6 Å². The summed E-state index contributed by atoms with van der Waals surface area (Å²) in [5.74, 6) is -3.28. The van der Waals surface area contributed by atoms with Crippen molar-refractivity contribution in [2.75, 3.05) is 5.32 Å². The number of alkyl halides is 3. The van der Waals surface area contributed by atoms with Crippen molar-refractivity contribution >= 4 is 11.4 Å². The lowest BCUT2D eigenvalue weighted by atomic mass is 10.1. The molecule has 0 bridgehead atoms. The first-order valence-electron chi connectivity index (χ1n) is 5.96. The van der Waals surface area contributed by atoms with E-state index in [1.54, 1.807) is 0 Å². The van der Waals surface area contributed by atoms with Crippen LogP contribution in [0.4, 0.5) is 32.0 Å². The third-order valence-electron chi connectivity index (χ3n) is 2.79. The summed E-state index contributed by atoms with van der Waals surface area (Å²) in [6.45, 7) is 3.51. The molecule has 0 aliphatic rings. The molecule has 0 atom stereocenters. The van der Waals surface area contributed by atoms with Crippen molar-refractivity contribution in [1.82, 2.24) is 0 Å². The number of hydrogen-bond acceptors (Lipinski definition) is 1. The second-order valence-electron chi connectivity index (χ2n) is 4.46. The number of halogens is 6. The minimum absolute atomic E-state index is 0.00220. The number of rotatable bonds is 3. The van der Waals surface area contributed by atoms with Crippen LogP contribution in [0, 0.1) is 17.5 Å². The van der Waals surface area contributed by atoms with E-state index in [0.717, 1.165) is 18.2 Å². The Kier molecular flexibility index (Phi) is 4.16. The highest BCUT2D eigenvalue weighted by Crippen LogP contribution is 2.32. The third kappa shape index (κ3) is 3.60. The van der Waals surface area contributed by atoms with E-state index in [2.05, 4.69) is 11.9 Å². The van der Waals surface area contributed by atoms with Gasteiger partial charge in [0.15, 0.2) is 11.6 Å². The molecule has 0 saturated heterocycles. The molecule has 1 N–H and O–H groups in total. The highest BCUT2D eigenvalue weighted by Gasteiger charge is 2.31. The normalized spacial score (nSPS) is 11.4. The molecule has 0 amide bonds. The average molecular weight is 317 g/mol. The maximum atomic E-state index is 13.2. The Morgan fingerprint density at radius 3 is 2.18 bits per heavy atom. The molecular weight excluding hydrogens is 308 g/mol. The summed E-state index contributed by atoms with van der Waals surface area (Å²) in [5.41, 5.74) is -1.26. The number of anilines is 1. The number of hydrogen-bond donors (Lipinski definition) is 1. The van der Waals surface area contributed by atoms with Gasteiger partial charge in [0.2, 0.25) is 0 Å². The smallest absolute Gasteiger partial charge is 0.355 e. The van der Waals surface area contributed by atoms with Gasteiger partial charge in [-0.1, -0.05) is 6.58 Å². The average Bonchev–Trinajstić information content (AvgIpc) is 2.40. The van der Waals surface area contributed by atoms with E-state index < -0.39 is 29.2 Å². The summed E-state index contributed by atoms with van der Waals surface area (Å²) in [6.07, 6.45) is -4.71. The molecule has 2 rings (SSSR count). The second kappa shape index (κ2) is 5.75. The van der Waals surface area contributed by atoms with Crippen LogP contribution >= 0.6 is 0 Å². The van der Waals surface area contributed by atoms with Crippen LogP contribution in [-0.4, -0.2) is 0 Å². The zero-order valence-electron chi connectivity index (χ0n) is 10.9. The van der Waals surface area contributed by atoms with Gasteiger partial charge in [-0.2, -0.15) is 13.2 Å². The first-order valence-corrected chi connectivity index (χ1v) is 5.96. The van der Waals surface area contributed by atoms with Crippen LogP contribution in [0.25, 0.3) is 5.70 Å². The van der Waals surface area contributed by atoms with Crippen LogP contribution in [0.2, 0.25) is 0 Å². The Bertz CT molecular complexity index is 720. The number of nitrogens with one attached hydrogen (secondary N) is 1. The SMILES string of the molecule is C=C(Nc1cc(F)cc(C(F)(F)F)c1)c1ccc(F)c(F)c1. The van der Waals surface area contributed by atoms with Gasteiger partial charge in [0, 0.05) is 16.9 Å². The van der Waals surface area contributed by atoms with Gasteiger partial charge >= 0.3 is 6.18 Å². The molecule has 2 aromatic rings. The molecule has 22 heavy (non-hydrogen) atoms. The monoisotopic (exact) mass is 317 g/mol. The lowest BCUT2D eigenvalue weighted by Crippen LogP contribution is -2.07. The molecule has 116 valence electrons. The Morgan fingerprint density at radius 2 is 1.59 bits per heavy atom. The van der Waals surface area contributed by atoms with Gasteiger partial charge in [-0.05, 0) is 36.4 Å². The van der Waals surface area contributed by atoms with Crippen LogP contribution in [0.15, 0.2) is 43.0 Å². The molecule has 0 unspecified atom stereocenters. The minimum atomic E-state index is -4.71. The van der Waals surface area contributed by atoms with Gasteiger partial charge in [-0.25, -0.2) is 13.2 Å². The third-order valence-corrected chi connectivity index (χ3v) is 2.79. The second-order valence-corrected chi connectivity index (χ2v) is 4.46. The largest absolute Gasteiger partial charge is 0.416 e. The Morgan fingerprint density at radius 1 is 0.909 bits per heavy atom. The molecular formula is C15H9F6N. The first-order chi connectivity index (χ1) is 10.2. The lowest BCUT2D eigenvalue weighted by Gasteiger charge is -2.13. The summed E-state index contributed by atoms with van der Waals surface area (Å²) >= 11 is 0. The highest BCUT2D eigenvalue weighted by atomic mass is 19.4. The summed E-state index contributed by atoms with van der Waals surface area (Å²) in [6, 6.07) is 4.75. The zero-order valence-corrected chi connectivity index (χ0v) is 10.9. The van der Waals surface area contributed by atoms with Gasteiger partial charge in [0.05, 0.1) is 5.56 Å². The molecule has 0 heterocycles. The quantitative estimate of drug-likeness (QED) is 0.767.